The fourth-order valence-corrected chi connectivity index (χ4v) is 3.87. The van der Waals surface area contributed by atoms with Crippen LogP contribution >= 0.6 is 0 Å². The number of fused-ring (bicyclic) bond motifs is 1. The van der Waals surface area contributed by atoms with Gasteiger partial charge in [0.1, 0.15) is 0 Å². The second-order valence-electron chi connectivity index (χ2n) is 7.25. The third-order valence-electron chi connectivity index (χ3n) is 5.12. The zero-order chi connectivity index (χ0) is 17.6. The first-order valence-electron chi connectivity index (χ1n) is 9.49. The summed E-state index contributed by atoms with van der Waals surface area (Å²) in [5, 5.41) is 3.62. The summed E-state index contributed by atoms with van der Waals surface area (Å²) >= 11 is 0. The number of rotatable bonds is 6. The third-order valence-corrected chi connectivity index (χ3v) is 5.12. The van der Waals surface area contributed by atoms with Crippen molar-refractivity contribution < 1.29 is 0 Å². The van der Waals surface area contributed by atoms with Gasteiger partial charge in [-0.2, -0.15) is 0 Å². The van der Waals surface area contributed by atoms with Crippen LogP contribution in [-0.4, -0.2) is 18.0 Å². The maximum atomic E-state index is 3.62. The van der Waals surface area contributed by atoms with Crippen LogP contribution in [0.3, 0.4) is 0 Å². The lowest BCUT2D eigenvalue weighted by molar-refractivity contribution is 0.216. The predicted molar refractivity (Wildman–Crippen MR) is 109 cm³/mol. The van der Waals surface area contributed by atoms with E-state index in [1.807, 2.05) is 0 Å². The first-order valence-corrected chi connectivity index (χ1v) is 9.49. The summed E-state index contributed by atoms with van der Waals surface area (Å²) in [5.74, 6) is 0.636. The Labute approximate surface area is 156 Å². The minimum Gasteiger partial charge on any atom is -0.384 e. The molecule has 26 heavy (non-hydrogen) atoms. The zero-order valence-corrected chi connectivity index (χ0v) is 15.1. The molecule has 2 nitrogen and oxygen atoms in total. The van der Waals surface area contributed by atoms with Gasteiger partial charge >= 0.3 is 0 Å². The molecule has 0 aromatic heterocycles. The smallest absolute Gasteiger partial charge is 0.0372 e. The van der Waals surface area contributed by atoms with Gasteiger partial charge in [-0.3, -0.25) is 4.90 Å². The molecule has 3 aromatic rings. The van der Waals surface area contributed by atoms with Gasteiger partial charge in [0.05, 0.1) is 0 Å². The molecule has 0 unspecified atom stereocenters. The number of hydrogen-bond acceptors (Lipinski definition) is 2. The molecule has 3 aromatic carbocycles. The summed E-state index contributed by atoms with van der Waals surface area (Å²) in [4.78, 5) is 2.59. The molecule has 0 spiro atoms. The molecular weight excluding hydrogens is 316 g/mol. The van der Waals surface area contributed by atoms with Crippen LogP contribution in [0.4, 0.5) is 5.69 Å². The zero-order valence-electron chi connectivity index (χ0n) is 15.1. The van der Waals surface area contributed by atoms with E-state index in [4.69, 9.17) is 0 Å². The Morgan fingerprint density at radius 2 is 1.31 bits per heavy atom. The van der Waals surface area contributed by atoms with E-state index in [-0.39, 0.29) is 0 Å². The topological polar surface area (TPSA) is 15.3 Å². The van der Waals surface area contributed by atoms with Gasteiger partial charge in [-0.15, -0.1) is 0 Å². The quantitative estimate of drug-likeness (QED) is 0.680. The van der Waals surface area contributed by atoms with Crippen molar-refractivity contribution >= 4 is 5.69 Å². The Hall–Kier alpha value is -2.58. The Morgan fingerprint density at radius 3 is 1.96 bits per heavy atom. The number of nitrogens with zero attached hydrogens (tertiary/aromatic N) is 1. The van der Waals surface area contributed by atoms with E-state index < -0.39 is 0 Å². The molecule has 0 amide bonds. The van der Waals surface area contributed by atoms with E-state index in [0.717, 1.165) is 32.6 Å². The van der Waals surface area contributed by atoms with Crippen LogP contribution in [0, 0.1) is 5.92 Å². The summed E-state index contributed by atoms with van der Waals surface area (Å²) in [7, 11) is 0. The van der Waals surface area contributed by atoms with Crippen molar-refractivity contribution in [3.05, 3.63) is 102 Å². The Balaban J connectivity index is 1.47. The van der Waals surface area contributed by atoms with Gasteiger partial charge in [0.25, 0.3) is 0 Å². The summed E-state index contributed by atoms with van der Waals surface area (Å²) in [5.41, 5.74) is 5.52. The van der Waals surface area contributed by atoms with Crippen molar-refractivity contribution in [2.75, 3.05) is 18.4 Å². The molecule has 0 saturated carbocycles. The standard InChI is InChI=1S/C24H26N2/c1-3-9-20(10-4-1)17-26(18-21-11-5-2-6-12-21)19-22-15-23-13-7-8-14-24(23)25-16-22/h1-14,22,25H,15-19H2/t22-/m1/s1. The van der Waals surface area contributed by atoms with Crippen LogP contribution < -0.4 is 5.32 Å². The van der Waals surface area contributed by atoms with E-state index in [9.17, 15) is 0 Å². The fraction of sp³-hybridized carbons (Fsp3) is 0.250. The number of para-hydroxylation sites is 1. The largest absolute Gasteiger partial charge is 0.384 e. The lowest BCUT2D eigenvalue weighted by Gasteiger charge is -2.31. The van der Waals surface area contributed by atoms with Crippen molar-refractivity contribution in [1.82, 2.24) is 4.90 Å². The van der Waals surface area contributed by atoms with Gasteiger partial charge in [0.15, 0.2) is 0 Å². The normalized spacial score (nSPS) is 16.1. The first kappa shape index (κ1) is 16.9. The Morgan fingerprint density at radius 1 is 0.731 bits per heavy atom. The van der Waals surface area contributed by atoms with Gasteiger partial charge < -0.3 is 5.32 Å². The molecule has 132 valence electrons. The van der Waals surface area contributed by atoms with Crippen LogP contribution in [0.25, 0.3) is 0 Å². The van der Waals surface area contributed by atoms with E-state index in [1.165, 1.54) is 22.4 Å². The third kappa shape index (κ3) is 4.33. The van der Waals surface area contributed by atoms with Crippen molar-refractivity contribution in [3.63, 3.8) is 0 Å². The summed E-state index contributed by atoms with van der Waals surface area (Å²) in [6, 6.07) is 30.3. The molecule has 1 aliphatic heterocycles. The second-order valence-corrected chi connectivity index (χ2v) is 7.25. The minimum atomic E-state index is 0.636. The molecule has 0 radical (unpaired) electrons. The predicted octanol–water partition coefficient (Wildman–Crippen LogP) is 4.97. The summed E-state index contributed by atoms with van der Waals surface area (Å²) < 4.78 is 0. The SMILES string of the molecule is c1ccc(CN(Cc2ccccc2)C[C@H]2CNc3ccccc3C2)cc1. The van der Waals surface area contributed by atoms with E-state index in [1.54, 1.807) is 0 Å². The van der Waals surface area contributed by atoms with Crippen molar-refractivity contribution in [2.45, 2.75) is 19.5 Å². The van der Waals surface area contributed by atoms with E-state index >= 15 is 0 Å². The maximum absolute atomic E-state index is 3.62. The second kappa shape index (κ2) is 8.20. The van der Waals surface area contributed by atoms with Crippen LogP contribution in [0.1, 0.15) is 16.7 Å². The highest BCUT2D eigenvalue weighted by Crippen LogP contribution is 2.25. The number of hydrogen-bond donors (Lipinski definition) is 1. The summed E-state index contributed by atoms with van der Waals surface area (Å²) in [6.07, 6.45) is 1.16. The molecule has 1 aliphatic rings. The lowest BCUT2D eigenvalue weighted by Crippen LogP contribution is -2.35. The van der Waals surface area contributed by atoms with E-state index in [2.05, 4.69) is 95.1 Å². The van der Waals surface area contributed by atoms with Crippen LogP contribution in [0.15, 0.2) is 84.9 Å². The van der Waals surface area contributed by atoms with Crippen molar-refractivity contribution in [1.29, 1.82) is 0 Å². The molecule has 2 heteroatoms. The lowest BCUT2D eigenvalue weighted by atomic mass is 9.93. The molecule has 4 rings (SSSR count). The average molecular weight is 342 g/mol. The van der Waals surface area contributed by atoms with Crippen LogP contribution in [0.2, 0.25) is 0 Å². The fourth-order valence-electron chi connectivity index (χ4n) is 3.87. The Kier molecular flexibility index (Phi) is 5.32. The molecule has 0 fully saturated rings. The highest BCUT2D eigenvalue weighted by Gasteiger charge is 2.20. The van der Waals surface area contributed by atoms with Gasteiger partial charge in [-0.1, -0.05) is 78.9 Å². The summed E-state index contributed by atoms with van der Waals surface area (Å²) in [6.45, 7) is 4.14. The monoisotopic (exact) mass is 342 g/mol. The van der Waals surface area contributed by atoms with Gasteiger partial charge in [-0.05, 0) is 35.1 Å². The maximum Gasteiger partial charge on any atom is 0.0372 e. The van der Waals surface area contributed by atoms with Crippen LogP contribution in [-0.2, 0) is 19.5 Å². The minimum absolute atomic E-state index is 0.636. The molecule has 1 N–H and O–H groups in total. The molecule has 1 heterocycles. The number of anilines is 1. The van der Waals surface area contributed by atoms with Gasteiger partial charge in [-0.25, -0.2) is 0 Å². The highest BCUT2D eigenvalue weighted by atomic mass is 15.1. The Bertz CT molecular complexity index is 772. The molecule has 0 bridgehead atoms. The van der Waals surface area contributed by atoms with E-state index in [0.29, 0.717) is 5.92 Å². The number of benzene rings is 3. The molecule has 0 aliphatic carbocycles. The van der Waals surface area contributed by atoms with Gasteiger partial charge in [0, 0.05) is 31.9 Å². The highest BCUT2D eigenvalue weighted by molar-refractivity contribution is 5.53. The van der Waals surface area contributed by atoms with Crippen LogP contribution in [0.5, 0.6) is 0 Å². The molecular formula is C24H26N2. The van der Waals surface area contributed by atoms with Gasteiger partial charge in [0.2, 0.25) is 0 Å². The van der Waals surface area contributed by atoms with Crippen molar-refractivity contribution in [2.24, 2.45) is 5.92 Å². The average Bonchev–Trinajstić information content (AvgIpc) is 2.69. The first-order chi connectivity index (χ1) is 12.9. The molecule has 0 saturated heterocycles. The number of nitrogens with one attached hydrogen (secondary N) is 1. The molecule has 1 atom stereocenters. The van der Waals surface area contributed by atoms with Crippen molar-refractivity contribution in [3.8, 4) is 0 Å².